The Hall–Kier alpha value is -2.12. The van der Waals surface area contributed by atoms with Gasteiger partial charge in [-0.1, -0.05) is 108 Å². The van der Waals surface area contributed by atoms with Crippen LogP contribution < -0.4 is 5.32 Å². The average Bonchev–Trinajstić information content (AvgIpc) is 2.91. The molecule has 0 aromatic heterocycles. The maximum Gasteiger partial charge on any atom is 0.407 e. The van der Waals surface area contributed by atoms with E-state index in [-0.39, 0.29) is 19.1 Å². The van der Waals surface area contributed by atoms with Crippen molar-refractivity contribution < 1.29 is 23.8 Å². The van der Waals surface area contributed by atoms with Gasteiger partial charge < -0.3 is 24.4 Å². The highest BCUT2D eigenvalue weighted by Gasteiger charge is 2.20. The molecule has 1 N–H and O–H groups in total. The van der Waals surface area contributed by atoms with Crippen LogP contribution in [0.25, 0.3) is 0 Å². The van der Waals surface area contributed by atoms with E-state index in [9.17, 15) is 9.59 Å². The van der Waals surface area contributed by atoms with E-state index in [0.29, 0.717) is 26.3 Å². The van der Waals surface area contributed by atoms with Crippen LogP contribution in [-0.2, 0) is 25.6 Å². The molecule has 1 rings (SSSR count). The quantitative estimate of drug-likeness (QED) is 0.126. The molecule has 0 bridgehead atoms. The van der Waals surface area contributed by atoms with Gasteiger partial charge in [0.25, 0.3) is 0 Å². The fourth-order valence-electron chi connectivity index (χ4n) is 4.20. The summed E-state index contributed by atoms with van der Waals surface area (Å²) in [6, 6.07) is 9.46. The Balaban J connectivity index is 2.36. The van der Waals surface area contributed by atoms with Gasteiger partial charge in [-0.05, 0) is 25.8 Å². The first-order chi connectivity index (χ1) is 18.1. The van der Waals surface area contributed by atoms with Crippen molar-refractivity contribution in [3.63, 3.8) is 0 Å². The van der Waals surface area contributed by atoms with Crippen LogP contribution in [0.15, 0.2) is 30.3 Å². The number of ether oxygens (including phenoxy) is 3. The van der Waals surface area contributed by atoms with Gasteiger partial charge >= 0.3 is 6.09 Å². The molecule has 0 heterocycles. The number of benzene rings is 1. The number of alkyl carbamates (subject to hydrolysis) is 1. The third-order valence-electron chi connectivity index (χ3n) is 6.31. The lowest BCUT2D eigenvalue weighted by molar-refractivity contribution is -0.158. The summed E-state index contributed by atoms with van der Waals surface area (Å²) in [6.45, 7) is 8.11. The minimum Gasteiger partial charge on any atom is -0.445 e. The zero-order valence-corrected chi connectivity index (χ0v) is 23.7. The Kier molecular flexibility index (Phi) is 20.5. The lowest BCUT2D eigenvalue weighted by Crippen LogP contribution is -2.45. The van der Waals surface area contributed by atoms with Crippen LogP contribution in [0, 0.1) is 0 Å². The Bertz CT molecular complexity index is 680. The number of nitrogens with one attached hydrogen (secondary N) is 1. The molecule has 0 fully saturated rings. The highest BCUT2D eigenvalue weighted by atomic mass is 16.7. The molecule has 0 aliphatic carbocycles. The highest BCUT2D eigenvalue weighted by molar-refractivity contribution is 5.82. The number of carbonyl (C=O) groups excluding carboxylic acids is 2. The maximum atomic E-state index is 12.9. The van der Waals surface area contributed by atoms with Crippen molar-refractivity contribution in [2.75, 3.05) is 32.8 Å². The first kappa shape index (κ1) is 32.9. The number of hydrogen-bond donors (Lipinski definition) is 1. The molecular weight excluding hydrogens is 468 g/mol. The Morgan fingerprint density at radius 2 is 1.32 bits per heavy atom. The number of hydrogen-bond acceptors (Lipinski definition) is 5. The molecule has 212 valence electrons. The lowest BCUT2D eigenvalue weighted by atomic mass is 10.1. The van der Waals surface area contributed by atoms with Crippen LogP contribution in [0.2, 0.25) is 0 Å². The van der Waals surface area contributed by atoms with Crippen molar-refractivity contribution >= 4 is 12.0 Å². The highest BCUT2D eigenvalue weighted by Crippen LogP contribution is 2.12. The van der Waals surface area contributed by atoms with E-state index >= 15 is 0 Å². The number of rotatable bonds is 23. The molecule has 0 saturated heterocycles. The summed E-state index contributed by atoms with van der Waals surface area (Å²) in [5, 5.41) is 2.58. The average molecular weight is 521 g/mol. The molecule has 0 radical (unpaired) electrons. The van der Waals surface area contributed by atoms with E-state index in [2.05, 4.69) is 12.2 Å². The van der Waals surface area contributed by atoms with Crippen molar-refractivity contribution in [1.82, 2.24) is 10.2 Å². The molecule has 7 heteroatoms. The van der Waals surface area contributed by atoms with Gasteiger partial charge in [0.2, 0.25) is 5.91 Å². The summed E-state index contributed by atoms with van der Waals surface area (Å²) in [5.74, 6) is -0.163. The van der Waals surface area contributed by atoms with Crippen LogP contribution in [0.3, 0.4) is 0 Å². The maximum absolute atomic E-state index is 12.9. The topological polar surface area (TPSA) is 77.1 Å². The summed E-state index contributed by atoms with van der Waals surface area (Å²) in [5.41, 5.74) is 0.897. The molecule has 1 aromatic rings. The Labute approximate surface area is 225 Å². The fourth-order valence-corrected chi connectivity index (χ4v) is 4.20. The normalized spacial score (nSPS) is 11.0. The second-order valence-electron chi connectivity index (χ2n) is 9.48. The van der Waals surface area contributed by atoms with Gasteiger partial charge in [-0.15, -0.1) is 0 Å². The van der Waals surface area contributed by atoms with E-state index in [0.717, 1.165) is 18.4 Å². The van der Waals surface area contributed by atoms with Crippen molar-refractivity contribution in [2.45, 2.75) is 111 Å². The van der Waals surface area contributed by atoms with E-state index < -0.39 is 12.4 Å². The molecule has 0 unspecified atom stereocenters. The molecule has 0 atom stereocenters. The smallest absolute Gasteiger partial charge is 0.407 e. The minimum atomic E-state index is -0.603. The summed E-state index contributed by atoms with van der Waals surface area (Å²) in [4.78, 5) is 26.8. The van der Waals surface area contributed by atoms with Crippen LogP contribution >= 0.6 is 0 Å². The van der Waals surface area contributed by atoms with Crippen LogP contribution in [0.4, 0.5) is 4.79 Å². The summed E-state index contributed by atoms with van der Waals surface area (Å²) in [6.07, 6.45) is 14.1. The molecule has 0 aliphatic rings. The van der Waals surface area contributed by atoms with Crippen molar-refractivity contribution in [2.24, 2.45) is 0 Å². The van der Waals surface area contributed by atoms with E-state index in [1.54, 1.807) is 4.90 Å². The zero-order chi connectivity index (χ0) is 27.0. The van der Waals surface area contributed by atoms with Crippen LogP contribution in [0.5, 0.6) is 0 Å². The molecule has 2 amide bonds. The van der Waals surface area contributed by atoms with Crippen molar-refractivity contribution in [3.8, 4) is 0 Å². The van der Waals surface area contributed by atoms with Crippen LogP contribution in [0.1, 0.15) is 103 Å². The first-order valence-corrected chi connectivity index (χ1v) is 14.6. The predicted octanol–water partition coefficient (Wildman–Crippen LogP) is 6.84. The second kappa shape index (κ2) is 23.0. The van der Waals surface area contributed by atoms with Gasteiger partial charge in [0.15, 0.2) is 6.29 Å². The van der Waals surface area contributed by atoms with Crippen molar-refractivity contribution in [1.29, 1.82) is 0 Å². The number of amides is 2. The van der Waals surface area contributed by atoms with E-state index in [4.69, 9.17) is 14.2 Å². The minimum absolute atomic E-state index is 0.114. The van der Waals surface area contributed by atoms with Gasteiger partial charge in [-0.25, -0.2) is 4.79 Å². The lowest BCUT2D eigenvalue weighted by Gasteiger charge is -2.27. The molecule has 0 spiro atoms. The van der Waals surface area contributed by atoms with Gasteiger partial charge in [0.1, 0.15) is 13.2 Å². The largest absolute Gasteiger partial charge is 0.445 e. The van der Waals surface area contributed by atoms with Gasteiger partial charge in [0.05, 0.1) is 6.54 Å². The third kappa shape index (κ3) is 17.9. The number of nitrogens with zero attached hydrogens (tertiary/aromatic N) is 1. The first-order valence-electron chi connectivity index (χ1n) is 14.6. The third-order valence-corrected chi connectivity index (χ3v) is 6.31. The fraction of sp³-hybridized carbons (Fsp3) is 0.733. The summed E-state index contributed by atoms with van der Waals surface area (Å²) >= 11 is 0. The predicted molar refractivity (Wildman–Crippen MR) is 149 cm³/mol. The molecule has 0 aliphatic heterocycles. The molecule has 37 heavy (non-hydrogen) atoms. The Morgan fingerprint density at radius 3 is 1.86 bits per heavy atom. The van der Waals surface area contributed by atoms with Gasteiger partial charge in [-0.2, -0.15) is 0 Å². The number of carbonyl (C=O) groups is 2. The van der Waals surface area contributed by atoms with E-state index in [1.807, 2.05) is 44.2 Å². The molecule has 1 aromatic carbocycles. The van der Waals surface area contributed by atoms with Gasteiger partial charge in [0, 0.05) is 19.8 Å². The number of unbranched alkanes of at least 4 members (excludes halogenated alkanes) is 11. The van der Waals surface area contributed by atoms with Crippen molar-refractivity contribution in [3.05, 3.63) is 35.9 Å². The molecule has 0 saturated carbocycles. The molecule has 7 nitrogen and oxygen atoms in total. The second-order valence-corrected chi connectivity index (χ2v) is 9.48. The Morgan fingerprint density at radius 1 is 0.784 bits per heavy atom. The zero-order valence-electron chi connectivity index (χ0n) is 23.7. The standard InChI is InChI=1S/C30H52N2O5/c1-4-7-8-9-10-11-12-13-14-15-16-20-23-32(25-29(35-5-2)36-6-3)28(33)24-31-30(34)37-26-27-21-18-17-19-22-27/h17-19,21-22,29H,4-16,20,23-26H2,1-3H3,(H,31,34). The monoisotopic (exact) mass is 520 g/mol. The van der Waals surface area contributed by atoms with E-state index in [1.165, 1.54) is 64.2 Å². The SMILES string of the molecule is CCCCCCCCCCCCCCN(CC(OCC)OCC)C(=O)CNC(=O)OCc1ccccc1. The van der Waals surface area contributed by atoms with Crippen LogP contribution in [-0.4, -0.2) is 56.0 Å². The summed E-state index contributed by atoms with van der Waals surface area (Å²) < 4.78 is 16.5. The molecular formula is C30H52N2O5. The van der Waals surface area contributed by atoms with Gasteiger partial charge in [-0.3, -0.25) is 4.79 Å². The summed E-state index contributed by atoms with van der Waals surface area (Å²) in [7, 11) is 0.